The Bertz CT molecular complexity index is 206. The minimum Gasteiger partial charge on any atom is -0.359 e. The molecule has 1 atom stereocenters. The third-order valence-electron chi connectivity index (χ3n) is 3.37. The normalized spacial score (nSPS) is 19.1. The van der Waals surface area contributed by atoms with Gasteiger partial charge in [0.2, 0.25) is 5.91 Å². The Hall–Kier alpha value is -0.530. The molecule has 1 unspecified atom stereocenters. The zero-order chi connectivity index (χ0) is 10.8. The van der Waals surface area contributed by atoms with E-state index in [-0.39, 0.29) is 5.91 Å². The molecule has 0 aromatic carbocycles. The fourth-order valence-corrected chi connectivity index (χ4v) is 2.42. The summed E-state index contributed by atoms with van der Waals surface area (Å²) in [6.45, 7) is 6.86. The van der Waals surface area contributed by atoms with Crippen LogP contribution in [0, 0.1) is 17.3 Å². The first-order valence-electron chi connectivity index (χ1n) is 5.66. The van der Waals surface area contributed by atoms with Gasteiger partial charge in [-0.3, -0.25) is 4.79 Å². The van der Waals surface area contributed by atoms with Crippen molar-refractivity contribution in [1.29, 1.82) is 0 Å². The lowest BCUT2D eigenvalue weighted by molar-refractivity contribution is -0.121. The van der Waals surface area contributed by atoms with E-state index in [0.717, 1.165) is 5.92 Å². The van der Waals surface area contributed by atoms with Crippen molar-refractivity contribution in [3.8, 4) is 0 Å². The van der Waals surface area contributed by atoms with Crippen LogP contribution in [0.25, 0.3) is 0 Å². The highest BCUT2D eigenvalue weighted by Gasteiger charge is 2.38. The first-order chi connectivity index (χ1) is 6.45. The standard InChI is InChI=1S/C12H23NO/c1-9(7-11(14)13-4)8-12(2,3)10-5-6-10/h9-10H,5-8H2,1-4H3,(H,13,14). The molecule has 1 aliphatic rings. The monoisotopic (exact) mass is 197 g/mol. The van der Waals surface area contributed by atoms with Crippen LogP contribution in [-0.2, 0) is 4.79 Å². The van der Waals surface area contributed by atoms with Crippen molar-refractivity contribution in [3.05, 3.63) is 0 Å². The van der Waals surface area contributed by atoms with Crippen LogP contribution in [-0.4, -0.2) is 13.0 Å². The number of rotatable bonds is 5. The highest BCUT2D eigenvalue weighted by molar-refractivity contribution is 5.75. The molecular weight excluding hydrogens is 174 g/mol. The average molecular weight is 197 g/mol. The van der Waals surface area contributed by atoms with Crippen molar-refractivity contribution in [2.75, 3.05) is 7.05 Å². The van der Waals surface area contributed by atoms with Gasteiger partial charge in [0.05, 0.1) is 0 Å². The van der Waals surface area contributed by atoms with E-state index in [4.69, 9.17) is 0 Å². The first-order valence-corrected chi connectivity index (χ1v) is 5.66. The minimum absolute atomic E-state index is 0.170. The molecule has 1 amide bonds. The van der Waals surface area contributed by atoms with Gasteiger partial charge in [-0.15, -0.1) is 0 Å². The summed E-state index contributed by atoms with van der Waals surface area (Å²) in [5.74, 6) is 1.59. The van der Waals surface area contributed by atoms with E-state index in [1.54, 1.807) is 7.05 Å². The van der Waals surface area contributed by atoms with E-state index in [1.807, 2.05) is 0 Å². The van der Waals surface area contributed by atoms with Crippen LogP contribution in [0.15, 0.2) is 0 Å². The van der Waals surface area contributed by atoms with Crippen LogP contribution in [0.4, 0.5) is 0 Å². The Balaban J connectivity index is 2.31. The van der Waals surface area contributed by atoms with Gasteiger partial charge in [-0.1, -0.05) is 20.8 Å². The maximum absolute atomic E-state index is 11.2. The Labute approximate surface area is 87.5 Å². The van der Waals surface area contributed by atoms with Crippen molar-refractivity contribution >= 4 is 5.91 Å². The summed E-state index contributed by atoms with van der Waals surface area (Å²) in [7, 11) is 1.71. The number of hydrogen-bond donors (Lipinski definition) is 1. The van der Waals surface area contributed by atoms with Crippen LogP contribution in [0.1, 0.15) is 46.5 Å². The Morgan fingerprint density at radius 2 is 2.07 bits per heavy atom. The number of carbonyl (C=O) groups excluding carboxylic acids is 1. The molecule has 0 saturated heterocycles. The van der Waals surface area contributed by atoms with Gasteiger partial charge < -0.3 is 5.32 Å². The summed E-state index contributed by atoms with van der Waals surface area (Å²) in [4.78, 5) is 11.2. The molecule has 1 rings (SSSR count). The second kappa shape index (κ2) is 4.33. The van der Waals surface area contributed by atoms with Crippen molar-refractivity contribution in [2.24, 2.45) is 17.3 Å². The van der Waals surface area contributed by atoms with Gasteiger partial charge in [-0.05, 0) is 36.5 Å². The zero-order valence-electron chi connectivity index (χ0n) is 9.89. The summed E-state index contributed by atoms with van der Waals surface area (Å²) >= 11 is 0. The van der Waals surface area contributed by atoms with Gasteiger partial charge >= 0.3 is 0 Å². The third-order valence-corrected chi connectivity index (χ3v) is 3.37. The predicted molar refractivity (Wildman–Crippen MR) is 59.0 cm³/mol. The number of nitrogens with one attached hydrogen (secondary N) is 1. The fraction of sp³-hybridized carbons (Fsp3) is 0.917. The molecular formula is C12H23NO. The van der Waals surface area contributed by atoms with Crippen molar-refractivity contribution in [1.82, 2.24) is 5.32 Å². The molecule has 2 heteroatoms. The summed E-state index contributed by atoms with van der Waals surface area (Å²) in [5.41, 5.74) is 0.438. The number of hydrogen-bond acceptors (Lipinski definition) is 1. The number of amides is 1. The molecule has 82 valence electrons. The molecule has 0 aliphatic heterocycles. The van der Waals surface area contributed by atoms with E-state index in [0.29, 0.717) is 17.8 Å². The fourth-order valence-electron chi connectivity index (χ4n) is 2.42. The summed E-state index contributed by atoms with van der Waals surface area (Å²) in [6, 6.07) is 0. The van der Waals surface area contributed by atoms with Crippen molar-refractivity contribution in [2.45, 2.75) is 46.5 Å². The summed E-state index contributed by atoms with van der Waals surface area (Å²) in [5, 5.41) is 2.69. The molecule has 0 spiro atoms. The smallest absolute Gasteiger partial charge is 0.220 e. The zero-order valence-corrected chi connectivity index (χ0v) is 9.89. The SMILES string of the molecule is CNC(=O)CC(C)CC(C)(C)C1CC1. The van der Waals surface area contributed by atoms with Gasteiger partial charge in [0.1, 0.15) is 0 Å². The molecule has 0 bridgehead atoms. The molecule has 1 N–H and O–H groups in total. The van der Waals surface area contributed by atoms with E-state index < -0.39 is 0 Å². The molecule has 0 radical (unpaired) electrons. The quantitative estimate of drug-likeness (QED) is 0.721. The molecule has 1 aliphatic carbocycles. The van der Waals surface area contributed by atoms with Crippen LogP contribution < -0.4 is 5.32 Å². The molecule has 2 nitrogen and oxygen atoms in total. The molecule has 0 heterocycles. The Morgan fingerprint density at radius 1 is 1.50 bits per heavy atom. The lowest BCUT2D eigenvalue weighted by Crippen LogP contribution is -2.24. The maximum atomic E-state index is 11.2. The third kappa shape index (κ3) is 3.32. The van der Waals surface area contributed by atoms with E-state index in [2.05, 4.69) is 26.1 Å². The van der Waals surface area contributed by atoms with Crippen molar-refractivity contribution < 1.29 is 4.79 Å². The largest absolute Gasteiger partial charge is 0.359 e. The van der Waals surface area contributed by atoms with E-state index in [1.165, 1.54) is 19.3 Å². The Morgan fingerprint density at radius 3 is 2.50 bits per heavy atom. The Kier molecular flexibility index (Phi) is 3.57. The van der Waals surface area contributed by atoms with E-state index >= 15 is 0 Å². The van der Waals surface area contributed by atoms with E-state index in [9.17, 15) is 4.79 Å². The maximum Gasteiger partial charge on any atom is 0.220 e. The van der Waals surface area contributed by atoms with Crippen LogP contribution in [0.3, 0.4) is 0 Å². The highest BCUT2D eigenvalue weighted by Crippen LogP contribution is 2.48. The lowest BCUT2D eigenvalue weighted by Gasteiger charge is -2.27. The summed E-state index contributed by atoms with van der Waals surface area (Å²) < 4.78 is 0. The first kappa shape index (κ1) is 11.5. The van der Waals surface area contributed by atoms with Crippen LogP contribution in [0.2, 0.25) is 0 Å². The van der Waals surface area contributed by atoms with Gasteiger partial charge in [0.15, 0.2) is 0 Å². The highest BCUT2D eigenvalue weighted by atomic mass is 16.1. The number of carbonyl (C=O) groups is 1. The molecule has 14 heavy (non-hydrogen) atoms. The predicted octanol–water partition coefficient (Wildman–Crippen LogP) is 2.58. The average Bonchev–Trinajstić information content (AvgIpc) is 2.84. The minimum atomic E-state index is 0.170. The summed E-state index contributed by atoms with van der Waals surface area (Å²) in [6.07, 6.45) is 4.62. The lowest BCUT2D eigenvalue weighted by atomic mass is 9.78. The second-order valence-corrected chi connectivity index (χ2v) is 5.45. The van der Waals surface area contributed by atoms with Crippen LogP contribution in [0.5, 0.6) is 0 Å². The molecule has 0 aromatic heterocycles. The van der Waals surface area contributed by atoms with Gasteiger partial charge in [0.25, 0.3) is 0 Å². The molecule has 0 aromatic rings. The van der Waals surface area contributed by atoms with Gasteiger partial charge in [-0.2, -0.15) is 0 Å². The van der Waals surface area contributed by atoms with Gasteiger partial charge in [-0.25, -0.2) is 0 Å². The second-order valence-electron chi connectivity index (χ2n) is 5.45. The van der Waals surface area contributed by atoms with Gasteiger partial charge in [0, 0.05) is 13.5 Å². The topological polar surface area (TPSA) is 29.1 Å². The molecule has 1 saturated carbocycles. The van der Waals surface area contributed by atoms with Crippen molar-refractivity contribution in [3.63, 3.8) is 0 Å². The molecule has 1 fully saturated rings. The van der Waals surface area contributed by atoms with Crippen LogP contribution >= 0.6 is 0 Å².